The lowest BCUT2D eigenvalue weighted by Gasteiger charge is -2.30. The minimum absolute atomic E-state index is 0.196. The normalized spacial score (nSPS) is 13.6. The highest BCUT2D eigenvalue weighted by Crippen LogP contribution is 2.38. The molecule has 232 valence electrons. The van der Waals surface area contributed by atoms with Gasteiger partial charge >= 0.3 is 12.1 Å². The van der Waals surface area contributed by atoms with Gasteiger partial charge in [-0.05, 0) is 76.4 Å². The van der Waals surface area contributed by atoms with Crippen molar-refractivity contribution >= 4 is 63.7 Å². The van der Waals surface area contributed by atoms with E-state index < -0.39 is 22.9 Å². The van der Waals surface area contributed by atoms with E-state index in [2.05, 4.69) is 10.6 Å². The van der Waals surface area contributed by atoms with Gasteiger partial charge in [0.1, 0.15) is 10.6 Å². The van der Waals surface area contributed by atoms with Crippen LogP contribution in [0, 0.1) is 0 Å². The Morgan fingerprint density at radius 3 is 2.52 bits per heavy atom. The van der Waals surface area contributed by atoms with Gasteiger partial charge in [0.2, 0.25) is 11.8 Å². The summed E-state index contributed by atoms with van der Waals surface area (Å²) >= 11 is 2.60. The van der Waals surface area contributed by atoms with E-state index in [4.69, 9.17) is 9.47 Å². The summed E-state index contributed by atoms with van der Waals surface area (Å²) in [6.07, 6.45) is 3.23. The number of carbonyl (C=O) groups is 4. The highest BCUT2D eigenvalue weighted by atomic mass is 32.2. The Kier molecular flexibility index (Phi) is 10.9. The molecule has 1 unspecified atom stereocenters. The van der Waals surface area contributed by atoms with Crippen molar-refractivity contribution in [3.05, 3.63) is 82.2 Å². The molecule has 0 saturated heterocycles. The molecule has 2 N–H and O–H groups in total. The van der Waals surface area contributed by atoms with E-state index in [9.17, 15) is 19.2 Å². The monoisotopic (exact) mass is 635 g/mol. The zero-order valence-corrected chi connectivity index (χ0v) is 27.1. The zero-order valence-electron chi connectivity index (χ0n) is 25.5. The Labute approximate surface area is 266 Å². The molecule has 0 spiro atoms. The van der Waals surface area contributed by atoms with Crippen LogP contribution in [0.4, 0.5) is 15.5 Å². The second kappa shape index (κ2) is 14.6. The molecule has 1 aliphatic heterocycles. The van der Waals surface area contributed by atoms with Crippen LogP contribution in [0.15, 0.2) is 65.6 Å². The highest BCUT2D eigenvalue weighted by Gasteiger charge is 2.33. The predicted molar refractivity (Wildman–Crippen MR) is 175 cm³/mol. The molecule has 44 heavy (non-hydrogen) atoms. The highest BCUT2D eigenvalue weighted by molar-refractivity contribution is 8.00. The standard InChI is InChI=1S/C33H37N3O6S2/c1-6-41-31(39)28-25-17-18-36(32(40)42-33(3,4)5)20-26(25)44-30(28)35-29(38)21(2)43-24-14-10-13-23(19-24)34-27(37)16-15-22-11-8-7-9-12-22/h7-16,19,21H,6,17-18,20H2,1-5H3,(H,34,37)(H,35,38)/b16-15+. The number of rotatable bonds is 9. The van der Waals surface area contributed by atoms with Crippen molar-refractivity contribution in [2.45, 2.75) is 63.3 Å². The fourth-order valence-electron chi connectivity index (χ4n) is 4.43. The molecule has 2 heterocycles. The Morgan fingerprint density at radius 1 is 1.07 bits per heavy atom. The molecule has 0 bridgehead atoms. The van der Waals surface area contributed by atoms with Crippen molar-refractivity contribution in [1.29, 1.82) is 0 Å². The maximum absolute atomic E-state index is 13.3. The van der Waals surface area contributed by atoms with Gasteiger partial charge in [0.15, 0.2) is 0 Å². The average Bonchev–Trinajstić information content (AvgIpc) is 3.33. The number of ether oxygens (including phenoxy) is 2. The van der Waals surface area contributed by atoms with Crippen LogP contribution in [0.3, 0.4) is 0 Å². The lowest BCUT2D eigenvalue weighted by atomic mass is 10.0. The maximum atomic E-state index is 13.3. The number of benzene rings is 2. The van der Waals surface area contributed by atoms with E-state index in [0.717, 1.165) is 20.9 Å². The first-order valence-electron chi connectivity index (χ1n) is 14.3. The van der Waals surface area contributed by atoms with Gasteiger partial charge in [0.25, 0.3) is 0 Å². The van der Waals surface area contributed by atoms with Gasteiger partial charge in [-0.3, -0.25) is 9.59 Å². The summed E-state index contributed by atoms with van der Waals surface area (Å²) in [5, 5.41) is 5.67. The number of thiophene rings is 1. The summed E-state index contributed by atoms with van der Waals surface area (Å²) in [6, 6.07) is 16.8. The second-order valence-corrected chi connectivity index (χ2v) is 13.6. The summed E-state index contributed by atoms with van der Waals surface area (Å²) in [5.74, 6) is -1.06. The SMILES string of the molecule is CCOC(=O)c1c(NC(=O)C(C)Sc2cccc(NC(=O)/C=C/c3ccccc3)c2)sc2c1CCN(C(=O)OC(C)(C)C)C2. The Hall–Kier alpha value is -4.09. The van der Waals surface area contributed by atoms with Crippen LogP contribution in [0.25, 0.3) is 6.08 Å². The van der Waals surface area contributed by atoms with Crippen molar-refractivity contribution in [2.75, 3.05) is 23.8 Å². The largest absolute Gasteiger partial charge is 0.462 e. The number of hydrogen-bond donors (Lipinski definition) is 2. The minimum atomic E-state index is -0.625. The first-order chi connectivity index (χ1) is 20.9. The summed E-state index contributed by atoms with van der Waals surface area (Å²) < 4.78 is 10.9. The molecule has 0 aliphatic carbocycles. The van der Waals surface area contributed by atoms with Crippen molar-refractivity contribution in [1.82, 2.24) is 4.90 Å². The summed E-state index contributed by atoms with van der Waals surface area (Å²) in [5.41, 5.74) is 2.03. The Balaban J connectivity index is 1.43. The van der Waals surface area contributed by atoms with Gasteiger partial charge in [-0.1, -0.05) is 36.4 Å². The fraction of sp³-hybridized carbons (Fsp3) is 0.333. The van der Waals surface area contributed by atoms with Crippen molar-refractivity contribution < 1.29 is 28.7 Å². The van der Waals surface area contributed by atoms with Crippen molar-refractivity contribution in [2.24, 2.45) is 0 Å². The molecule has 0 radical (unpaired) electrons. The van der Waals surface area contributed by atoms with Gasteiger partial charge in [-0.2, -0.15) is 0 Å². The smallest absolute Gasteiger partial charge is 0.410 e. The van der Waals surface area contributed by atoms with Crippen LogP contribution in [0.2, 0.25) is 0 Å². The lowest BCUT2D eigenvalue weighted by Crippen LogP contribution is -2.39. The van der Waals surface area contributed by atoms with Crippen LogP contribution in [0.5, 0.6) is 0 Å². The first-order valence-corrected chi connectivity index (χ1v) is 16.0. The number of nitrogens with zero attached hydrogens (tertiary/aromatic N) is 1. The number of thioether (sulfide) groups is 1. The average molecular weight is 636 g/mol. The van der Waals surface area contributed by atoms with Gasteiger partial charge in [-0.15, -0.1) is 23.1 Å². The van der Waals surface area contributed by atoms with Gasteiger partial charge in [-0.25, -0.2) is 9.59 Å². The number of amides is 3. The van der Waals surface area contributed by atoms with E-state index >= 15 is 0 Å². The van der Waals surface area contributed by atoms with Crippen LogP contribution >= 0.6 is 23.1 Å². The number of anilines is 2. The molecule has 3 aromatic rings. The van der Waals surface area contributed by atoms with Crippen LogP contribution in [-0.4, -0.2) is 52.8 Å². The molecule has 2 aromatic carbocycles. The second-order valence-electron chi connectivity index (χ2n) is 11.1. The molecule has 1 atom stereocenters. The predicted octanol–water partition coefficient (Wildman–Crippen LogP) is 6.99. The number of fused-ring (bicyclic) bond motifs is 1. The topological polar surface area (TPSA) is 114 Å². The molecular weight excluding hydrogens is 599 g/mol. The van der Waals surface area contributed by atoms with Crippen LogP contribution in [-0.2, 0) is 32.0 Å². The van der Waals surface area contributed by atoms with E-state index in [0.29, 0.717) is 29.2 Å². The first kappa shape index (κ1) is 32.8. The van der Waals surface area contributed by atoms with Crippen molar-refractivity contribution in [3.8, 4) is 0 Å². The van der Waals surface area contributed by atoms with Crippen LogP contribution < -0.4 is 10.6 Å². The number of hydrogen-bond acceptors (Lipinski definition) is 8. The van der Waals surface area contributed by atoms with Gasteiger partial charge in [0, 0.05) is 28.1 Å². The molecule has 0 fully saturated rings. The molecular formula is C33H37N3O6S2. The molecule has 9 nitrogen and oxygen atoms in total. The third kappa shape index (κ3) is 8.96. The molecule has 3 amide bonds. The fourth-order valence-corrected chi connectivity index (χ4v) is 6.61. The van der Waals surface area contributed by atoms with E-state index in [-0.39, 0.29) is 25.0 Å². The Bertz CT molecular complexity index is 1540. The zero-order chi connectivity index (χ0) is 31.9. The van der Waals surface area contributed by atoms with Crippen molar-refractivity contribution in [3.63, 3.8) is 0 Å². The molecule has 1 aromatic heterocycles. The molecule has 0 saturated carbocycles. The number of esters is 1. The third-order valence-corrected chi connectivity index (χ3v) is 8.66. The molecule has 1 aliphatic rings. The summed E-state index contributed by atoms with van der Waals surface area (Å²) in [6.45, 7) is 9.81. The Morgan fingerprint density at radius 2 is 1.82 bits per heavy atom. The molecule has 4 rings (SSSR count). The quantitative estimate of drug-likeness (QED) is 0.148. The van der Waals surface area contributed by atoms with Crippen LogP contribution in [0.1, 0.15) is 61.0 Å². The summed E-state index contributed by atoms with van der Waals surface area (Å²) in [7, 11) is 0. The lowest BCUT2D eigenvalue weighted by molar-refractivity contribution is -0.115. The number of carbonyl (C=O) groups excluding carboxylic acids is 4. The van der Waals surface area contributed by atoms with E-state index in [1.165, 1.54) is 29.2 Å². The molecule has 11 heteroatoms. The maximum Gasteiger partial charge on any atom is 0.410 e. The summed E-state index contributed by atoms with van der Waals surface area (Å²) in [4.78, 5) is 54.6. The number of nitrogens with one attached hydrogen (secondary N) is 2. The van der Waals surface area contributed by atoms with E-state index in [1.807, 2.05) is 69.3 Å². The third-order valence-electron chi connectivity index (χ3n) is 6.44. The van der Waals surface area contributed by atoms with E-state index in [1.54, 1.807) is 30.9 Å². The van der Waals surface area contributed by atoms with Gasteiger partial charge < -0.3 is 25.0 Å². The van der Waals surface area contributed by atoms with Gasteiger partial charge in [0.05, 0.1) is 24.0 Å². The minimum Gasteiger partial charge on any atom is -0.462 e.